The van der Waals surface area contributed by atoms with Gasteiger partial charge in [-0.15, -0.1) is 0 Å². The summed E-state index contributed by atoms with van der Waals surface area (Å²) in [6.07, 6.45) is 1.72. The Balaban J connectivity index is 2.47. The van der Waals surface area contributed by atoms with E-state index in [1.54, 1.807) is 10.9 Å². The van der Waals surface area contributed by atoms with E-state index in [-0.39, 0.29) is 11.8 Å². The predicted molar refractivity (Wildman–Crippen MR) is 59.3 cm³/mol. The van der Waals surface area contributed by atoms with Gasteiger partial charge in [-0.25, -0.2) is 4.68 Å². The molecular weight excluding hydrogens is 188 g/mol. The molecule has 0 fully saturated rings. The molecule has 0 bridgehead atoms. The number of para-hydroxylation sites is 1. The molecule has 78 valence electrons. The van der Waals surface area contributed by atoms with Crippen LogP contribution in [0.1, 0.15) is 25.3 Å². The van der Waals surface area contributed by atoms with Gasteiger partial charge in [0, 0.05) is 5.56 Å². The summed E-state index contributed by atoms with van der Waals surface area (Å²) >= 11 is 0. The summed E-state index contributed by atoms with van der Waals surface area (Å²) in [5.74, 6) is 0.513. The number of hydrogen-bond acceptors (Lipinski definition) is 2. The molecule has 3 nitrogen and oxygen atoms in total. The molecule has 1 aromatic heterocycles. The maximum atomic E-state index is 9.95. The second kappa shape index (κ2) is 3.77. The van der Waals surface area contributed by atoms with Crippen LogP contribution in [0.3, 0.4) is 0 Å². The van der Waals surface area contributed by atoms with Gasteiger partial charge < -0.3 is 5.11 Å². The lowest BCUT2D eigenvalue weighted by atomic mass is 10.1. The van der Waals surface area contributed by atoms with Gasteiger partial charge in [-0.3, -0.25) is 0 Å². The molecule has 0 aliphatic carbocycles. The Morgan fingerprint density at radius 2 is 1.87 bits per heavy atom. The van der Waals surface area contributed by atoms with Crippen molar-refractivity contribution >= 4 is 0 Å². The largest absolute Gasteiger partial charge is 0.493 e. The standard InChI is InChI=1S/C12H14N2O/c1-9(2)11-8-13-14(12(11)15)10-6-4-3-5-7-10/h3-9,15H,1-2H3. The Kier molecular flexibility index (Phi) is 2.46. The summed E-state index contributed by atoms with van der Waals surface area (Å²) in [5, 5.41) is 14.1. The van der Waals surface area contributed by atoms with E-state index >= 15 is 0 Å². The summed E-state index contributed by atoms with van der Waals surface area (Å²) in [6.45, 7) is 4.07. The van der Waals surface area contributed by atoms with Gasteiger partial charge in [0.15, 0.2) is 0 Å². The van der Waals surface area contributed by atoms with Gasteiger partial charge >= 0.3 is 0 Å². The van der Waals surface area contributed by atoms with E-state index in [0.29, 0.717) is 0 Å². The molecule has 0 amide bonds. The predicted octanol–water partition coefficient (Wildman–Crippen LogP) is 2.70. The van der Waals surface area contributed by atoms with E-state index in [0.717, 1.165) is 11.3 Å². The van der Waals surface area contributed by atoms with Crippen molar-refractivity contribution in [1.29, 1.82) is 0 Å². The van der Waals surface area contributed by atoms with Crippen LogP contribution < -0.4 is 0 Å². The fourth-order valence-corrected chi connectivity index (χ4v) is 1.52. The average molecular weight is 202 g/mol. The lowest BCUT2D eigenvalue weighted by molar-refractivity contribution is 0.425. The van der Waals surface area contributed by atoms with Crippen molar-refractivity contribution in [3.8, 4) is 11.6 Å². The molecule has 0 unspecified atom stereocenters. The van der Waals surface area contributed by atoms with Gasteiger partial charge in [-0.2, -0.15) is 5.10 Å². The van der Waals surface area contributed by atoms with Gasteiger partial charge in [-0.05, 0) is 18.1 Å². The summed E-state index contributed by atoms with van der Waals surface area (Å²) in [6, 6.07) is 9.61. The first-order valence-corrected chi connectivity index (χ1v) is 5.02. The van der Waals surface area contributed by atoms with Gasteiger partial charge in [0.1, 0.15) is 0 Å². The number of nitrogens with zero attached hydrogens (tertiary/aromatic N) is 2. The molecule has 1 heterocycles. The molecule has 0 spiro atoms. The molecule has 0 atom stereocenters. The van der Waals surface area contributed by atoms with Crippen molar-refractivity contribution in [1.82, 2.24) is 9.78 Å². The molecular formula is C12H14N2O. The van der Waals surface area contributed by atoms with Gasteiger partial charge in [0.2, 0.25) is 5.88 Å². The smallest absolute Gasteiger partial charge is 0.217 e. The zero-order valence-corrected chi connectivity index (χ0v) is 8.88. The quantitative estimate of drug-likeness (QED) is 0.813. The Labute approximate surface area is 89.0 Å². The Hall–Kier alpha value is -1.77. The highest BCUT2D eigenvalue weighted by Crippen LogP contribution is 2.26. The third kappa shape index (κ3) is 1.73. The number of aromatic hydroxyl groups is 1. The van der Waals surface area contributed by atoms with Crippen LogP contribution in [0.15, 0.2) is 36.5 Å². The zero-order chi connectivity index (χ0) is 10.8. The van der Waals surface area contributed by atoms with E-state index in [1.165, 1.54) is 0 Å². The number of hydrogen-bond donors (Lipinski definition) is 1. The van der Waals surface area contributed by atoms with Crippen molar-refractivity contribution in [2.45, 2.75) is 19.8 Å². The minimum absolute atomic E-state index is 0.233. The highest BCUT2D eigenvalue weighted by atomic mass is 16.3. The molecule has 2 rings (SSSR count). The molecule has 1 N–H and O–H groups in total. The van der Waals surface area contributed by atoms with Gasteiger partial charge in [0.25, 0.3) is 0 Å². The first-order valence-electron chi connectivity index (χ1n) is 5.02. The topological polar surface area (TPSA) is 38.0 Å². The molecule has 2 aromatic rings. The zero-order valence-electron chi connectivity index (χ0n) is 8.88. The van der Waals surface area contributed by atoms with Crippen molar-refractivity contribution < 1.29 is 5.11 Å². The lowest BCUT2D eigenvalue weighted by Gasteiger charge is -2.05. The average Bonchev–Trinajstić information content (AvgIpc) is 2.61. The second-order valence-electron chi connectivity index (χ2n) is 3.83. The highest BCUT2D eigenvalue weighted by molar-refractivity contribution is 5.38. The van der Waals surface area contributed by atoms with Crippen LogP contribution in [0.2, 0.25) is 0 Å². The van der Waals surface area contributed by atoms with Crippen LogP contribution in [-0.2, 0) is 0 Å². The molecule has 0 radical (unpaired) electrons. The first kappa shape index (κ1) is 9.77. The Bertz CT molecular complexity index is 446. The molecule has 1 aromatic carbocycles. The highest BCUT2D eigenvalue weighted by Gasteiger charge is 2.12. The molecule has 0 aliphatic rings. The van der Waals surface area contributed by atoms with Crippen LogP contribution in [0.5, 0.6) is 5.88 Å². The minimum Gasteiger partial charge on any atom is -0.493 e. The summed E-state index contributed by atoms with van der Waals surface area (Å²) < 4.78 is 1.55. The van der Waals surface area contributed by atoms with Crippen LogP contribution in [0, 0.1) is 0 Å². The molecule has 3 heteroatoms. The van der Waals surface area contributed by atoms with Crippen molar-refractivity contribution in [3.63, 3.8) is 0 Å². The van der Waals surface area contributed by atoms with Gasteiger partial charge in [0.05, 0.1) is 11.9 Å². The van der Waals surface area contributed by atoms with Gasteiger partial charge in [-0.1, -0.05) is 32.0 Å². The van der Waals surface area contributed by atoms with Crippen molar-refractivity contribution in [2.75, 3.05) is 0 Å². The summed E-state index contributed by atoms with van der Waals surface area (Å²) in [5.41, 5.74) is 1.75. The van der Waals surface area contributed by atoms with E-state index in [1.807, 2.05) is 44.2 Å². The van der Waals surface area contributed by atoms with E-state index in [9.17, 15) is 5.11 Å². The fourth-order valence-electron chi connectivity index (χ4n) is 1.52. The minimum atomic E-state index is 0.233. The normalized spacial score (nSPS) is 10.9. The maximum Gasteiger partial charge on any atom is 0.217 e. The van der Waals surface area contributed by atoms with E-state index in [4.69, 9.17) is 0 Å². The van der Waals surface area contributed by atoms with Crippen molar-refractivity contribution in [3.05, 3.63) is 42.1 Å². The monoisotopic (exact) mass is 202 g/mol. The van der Waals surface area contributed by atoms with Crippen LogP contribution in [0.4, 0.5) is 0 Å². The fraction of sp³-hybridized carbons (Fsp3) is 0.250. The van der Waals surface area contributed by atoms with Crippen LogP contribution >= 0.6 is 0 Å². The molecule has 0 saturated carbocycles. The maximum absolute atomic E-state index is 9.95. The first-order chi connectivity index (χ1) is 7.20. The third-order valence-corrected chi connectivity index (χ3v) is 2.39. The molecule has 0 saturated heterocycles. The van der Waals surface area contributed by atoms with Crippen LogP contribution in [0.25, 0.3) is 5.69 Å². The molecule has 0 aliphatic heterocycles. The Morgan fingerprint density at radius 1 is 1.20 bits per heavy atom. The SMILES string of the molecule is CC(C)c1cnn(-c2ccccc2)c1O. The Morgan fingerprint density at radius 3 is 2.40 bits per heavy atom. The number of benzene rings is 1. The summed E-state index contributed by atoms with van der Waals surface area (Å²) in [7, 11) is 0. The van der Waals surface area contributed by atoms with E-state index in [2.05, 4.69) is 5.10 Å². The number of aromatic nitrogens is 2. The van der Waals surface area contributed by atoms with Crippen molar-refractivity contribution in [2.24, 2.45) is 0 Å². The van der Waals surface area contributed by atoms with E-state index < -0.39 is 0 Å². The van der Waals surface area contributed by atoms with Crippen LogP contribution in [-0.4, -0.2) is 14.9 Å². The second-order valence-corrected chi connectivity index (χ2v) is 3.83. The summed E-state index contributed by atoms with van der Waals surface area (Å²) in [4.78, 5) is 0. The number of rotatable bonds is 2. The molecule has 15 heavy (non-hydrogen) atoms. The lowest BCUT2D eigenvalue weighted by Crippen LogP contribution is -1.95. The third-order valence-electron chi connectivity index (χ3n) is 2.39.